The minimum absolute atomic E-state index is 0.00982. The first-order chi connectivity index (χ1) is 14.4. The molecule has 6 N–H and O–H groups in total. The van der Waals surface area contributed by atoms with E-state index in [9.17, 15) is 9.59 Å². The normalized spacial score (nSPS) is 20.3. The Morgan fingerprint density at radius 2 is 1.80 bits per heavy atom. The number of carbonyl (C=O) groups is 2. The second kappa shape index (κ2) is 9.54. The van der Waals surface area contributed by atoms with Gasteiger partial charge in [0.1, 0.15) is 5.84 Å². The molecule has 2 unspecified atom stereocenters. The van der Waals surface area contributed by atoms with Gasteiger partial charge in [-0.2, -0.15) is 0 Å². The van der Waals surface area contributed by atoms with Gasteiger partial charge in [-0.05, 0) is 36.8 Å². The maximum absolute atomic E-state index is 12.8. The summed E-state index contributed by atoms with van der Waals surface area (Å²) in [6.07, 6.45) is 1.49. The molecule has 2 aromatic carbocycles. The second-order valence-electron chi connectivity index (χ2n) is 7.79. The number of piperidine rings is 1. The van der Waals surface area contributed by atoms with E-state index in [0.717, 1.165) is 12.0 Å². The van der Waals surface area contributed by atoms with Crippen LogP contribution in [0.15, 0.2) is 54.6 Å². The van der Waals surface area contributed by atoms with E-state index in [4.69, 9.17) is 16.9 Å². The second-order valence-corrected chi connectivity index (χ2v) is 7.79. The van der Waals surface area contributed by atoms with Crippen molar-refractivity contribution in [3.05, 3.63) is 71.3 Å². The Labute approximate surface area is 176 Å². The number of amidine groups is 1. The standard InChI is InChI=1S/C23H29N5O2/c1-15(23(30)27-14-16-7-9-18(10-8-16)21(24)25)28-12-11-19(13-20(28)22(26)29)17-5-3-2-4-6-17/h2-10,15,19-20H,11-14H2,1H3,(H3,24,25)(H2,26,29)(H,27,30)/t15-,19?,20?/m0/s1. The number of benzene rings is 2. The minimum Gasteiger partial charge on any atom is -0.384 e. The van der Waals surface area contributed by atoms with Crippen LogP contribution in [0.4, 0.5) is 0 Å². The number of nitrogens with two attached hydrogens (primary N) is 2. The molecule has 2 amide bonds. The number of primary amides is 1. The van der Waals surface area contributed by atoms with Gasteiger partial charge in [0.2, 0.25) is 11.8 Å². The first kappa shape index (κ1) is 21.5. The Hall–Kier alpha value is -3.19. The zero-order valence-electron chi connectivity index (χ0n) is 17.2. The fraction of sp³-hybridized carbons (Fsp3) is 0.348. The van der Waals surface area contributed by atoms with Crippen molar-refractivity contribution >= 4 is 17.6 Å². The van der Waals surface area contributed by atoms with Gasteiger partial charge in [-0.1, -0.05) is 54.6 Å². The van der Waals surface area contributed by atoms with Gasteiger partial charge in [0, 0.05) is 18.7 Å². The molecule has 1 heterocycles. The maximum atomic E-state index is 12.8. The van der Waals surface area contributed by atoms with Crippen LogP contribution in [0.5, 0.6) is 0 Å². The van der Waals surface area contributed by atoms with Crippen LogP contribution in [0.2, 0.25) is 0 Å². The van der Waals surface area contributed by atoms with Crippen molar-refractivity contribution in [3.8, 4) is 0 Å². The van der Waals surface area contributed by atoms with Crippen LogP contribution in [0, 0.1) is 5.41 Å². The highest BCUT2D eigenvalue weighted by atomic mass is 16.2. The third kappa shape index (κ3) is 5.04. The fourth-order valence-corrected chi connectivity index (χ4v) is 4.04. The van der Waals surface area contributed by atoms with Crippen molar-refractivity contribution in [2.45, 2.75) is 44.3 Å². The predicted octanol–water partition coefficient (Wildman–Crippen LogP) is 1.71. The van der Waals surface area contributed by atoms with E-state index in [1.807, 2.05) is 42.2 Å². The van der Waals surface area contributed by atoms with E-state index >= 15 is 0 Å². The molecule has 158 valence electrons. The molecule has 0 saturated carbocycles. The van der Waals surface area contributed by atoms with Crippen molar-refractivity contribution in [2.75, 3.05) is 6.54 Å². The molecule has 0 radical (unpaired) electrons. The van der Waals surface area contributed by atoms with Crippen molar-refractivity contribution in [2.24, 2.45) is 11.5 Å². The summed E-state index contributed by atoms with van der Waals surface area (Å²) < 4.78 is 0. The zero-order valence-corrected chi connectivity index (χ0v) is 17.2. The third-order valence-electron chi connectivity index (χ3n) is 5.85. The summed E-state index contributed by atoms with van der Waals surface area (Å²) >= 11 is 0. The molecule has 30 heavy (non-hydrogen) atoms. The molecule has 1 aliphatic rings. The molecule has 7 heteroatoms. The lowest BCUT2D eigenvalue weighted by molar-refractivity contribution is -0.132. The molecule has 7 nitrogen and oxygen atoms in total. The van der Waals surface area contributed by atoms with E-state index in [1.54, 1.807) is 12.1 Å². The van der Waals surface area contributed by atoms with Gasteiger partial charge in [-0.25, -0.2) is 0 Å². The number of hydrogen-bond donors (Lipinski definition) is 4. The van der Waals surface area contributed by atoms with Gasteiger partial charge in [-0.3, -0.25) is 19.9 Å². The lowest BCUT2D eigenvalue weighted by Crippen LogP contribution is -2.56. The lowest BCUT2D eigenvalue weighted by atomic mass is 9.84. The summed E-state index contributed by atoms with van der Waals surface area (Å²) in [6, 6.07) is 16.4. The Morgan fingerprint density at radius 3 is 2.40 bits per heavy atom. The van der Waals surface area contributed by atoms with E-state index < -0.39 is 18.0 Å². The van der Waals surface area contributed by atoms with Crippen LogP contribution in [0.1, 0.15) is 42.4 Å². The molecule has 0 aliphatic carbocycles. The van der Waals surface area contributed by atoms with Gasteiger partial charge in [-0.15, -0.1) is 0 Å². The topological polar surface area (TPSA) is 125 Å². The van der Waals surface area contributed by atoms with Gasteiger partial charge in [0.25, 0.3) is 0 Å². The number of nitrogen functional groups attached to an aromatic ring is 1. The molecule has 1 fully saturated rings. The first-order valence-corrected chi connectivity index (χ1v) is 10.2. The van der Waals surface area contributed by atoms with Crippen molar-refractivity contribution in [3.63, 3.8) is 0 Å². The first-order valence-electron chi connectivity index (χ1n) is 10.2. The SMILES string of the molecule is C[C@@H](C(=O)NCc1ccc(C(=N)N)cc1)N1CCC(c2ccccc2)CC1C(N)=O. The smallest absolute Gasteiger partial charge is 0.237 e. The lowest BCUT2D eigenvalue weighted by Gasteiger charge is -2.40. The Bertz CT molecular complexity index is 898. The van der Waals surface area contributed by atoms with Gasteiger partial charge >= 0.3 is 0 Å². The van der Waals surface area contributed by atoms with Crippen molar-refractivity contribution in [1.29, 1.82) is 5.41 Å². The highest BCUT2D eigenvalue weighted by Gasteiger charge is 2.37. The van der Waals surface area contributed by atoms with Crippen LogP contribution in [-0.2, 0) is 16.1 Å². The molecular formula is C23H29N5O2. The molecular weight excluding hydrogens is 378 g/mol. The number of amides is 2. The van der Waals surface area contributed by atoms with Crippen LogP contribution < -0.4 is 16.8 Å². The molecule has 3 rings (SSSR count). The highest BCUT2D eigenvalue weighted by Crippen LogP contribution is 2.32. The maximum Gasteiger partial charge on any atom is 0.237 e. The summed E-state index contributed by atoms with van der Waals surface area (Å²) in [5.41, 5.74) is 13.9. The third-order valence-corrected chi connectivity index (χ3v) is 5.85. The van der Waals surface area contributed by atoms with Gasteiger partial charge < -0.3 is 16.8 Å². The zero-order chi connectivity index (χ0) is 21.7. The number of hydrogen-bond acceptors (Lipinski definition) is 4. The Kier molecular flexibility index (Phi) is 6.84. The van der Waals surface area contributed by atoms with Crippen molar-refractivity contribution < 1.29 is 9.59 Å². The molecule has 1 saturated heterocycles. The van der Waals surface area contributed by atoms with Crippen LogP contribution in [-0.4, -0.2) is 41.2 Å². The summed E-state index contributed by atoms with van der Waals surface area (Å²) in [7, 11) is 0. The van der Waals surface area contributed by atoms with Gasteiger partial charge in [0.15, 0.2) is 0 Å². The number of carbonyl (C=O) groups excluding carboxylic acids is 2. The van der Waals surface area contributed by atoms with Crippen LogP contribution >= 0.6 is 0 Å². The quantitative estimate of drug-likeness (QED) is 0.412. The number of likely N-dealkylation sites (tertiary alicyclic amines) is 1. The minimum atomic E-state index is -0.473. The fourth-order valence-electron chi connectivity index (χ4n) is 4.04. The Morgan fingerprint density at radius 1 is 1.13 bits per heavy atom. The van der Waals surface area contributed by atoms with Crippen molar-refractivity contribution in [1.82, 2.24) is 10.2 Å². The monoisotopic (exact) mass is 407 g/mol. The largest absolute Gasteiger partial charge is 0.384 e. The highest BCUT2D eigenvalue weighted by molar-refractivity contribution is 5.94. The Balaban J connectivity index is 1.61. The molecule has 3 atom stereocenters. The summed E-state index contributed by atoms with van der Waals surface area (Å²) in [5, 5.41) is 10.4. The number of rotatable bonds is 7. The summed E-state index contributed by atoms with van der Waals surface area (Å²) in [6.45, 7) is 2.81. The van der Waals surface area contributed by atoms with Crippen LogP contribution in [0.25, 0.3) is 0 Å². The average molecular weight is 408 g/mol. The number of nitrogens with zero attached hydrogens (tertiary/aromatic N) is 1. The molecule has 0 aromatic heterocycles. The van der Waals surface area contributed by atoms with E-state index in [-0.39, 0.29) is 17.7 Å². The molecule has 0 bridgehead atoms. The summed E-state index contributed by atoms with van der Waals surface area (Å²) in [4.78, 5) is 26.8. The van der Waals surface area contributed by atoms with Crippen LogP contribution in [0.3, 0.4) is 0 Å². The van der Waals surface area contributed by atoms with E-state index in [2.05, 4.69) is 17.4 Å². The average Bonchev–Trinajstić information content (AvgIpc) is 2.77. The van der Waals surface area contributed by atoms with E-state index in [1.165, 1.54) is 5.56 Å². The van der Waals surface area contributed by atoms with Gasteiger partial charge in [0.05, 0.1) is 12.1 Å². The molecule has 0 spiro atoms. The van der Waals surface area contributed by atoms with E-state index in [0.29, 0.717) is 25.1 Å². The molecule has 2 aromatic rings. The molecule has 1 aliphatic heterocycles. The number of nitrogens with one attached hydrogen (secondary N) is 2. The summed E-state index contributed by atoms with van der Waals surface area (Å²) in [5.74, 6) is -0.268. The predicted molar refractivity (Wildman–Crippen MR) is 117 cm³/mol.